The minimum absolute atomic E-state index is 0.0375. The molecule has 0 atom stereocenters. The molecule has 0 saturated carbocycles. The molecule has 0 aliphatic heterocycles. The number of non-ortho nitro benzene ring substituents is 1. The van der Waals surface area contributed by atoms with Crippen molar-refractivity contribution in [2.24, 2.45) is 0 Å². The molecule has 0 aliphatic carbocycles. The molecule has 1 aromatic heterocycles. The largest absolute Gasteiger partial charge is 0.354 e. The van der Waals surface area contributed by atoms with E-state index in [-0.39, 0.29) is 11.3 Å². The second kappa shape index (κ2) is 4.41. The lowest BCUT2D eigenvalue weighted by molar-refractivity contribution is -0.383. The molecule has 0 amide bonds. The van der Waals surface area contributed by atoms with E-state index >= 15 is 0 Å². The van der Waals surface area contributed by atoms with Gasteiger partial charge in [0.2, 0.25) is 0 Å². The van der Waals surface area contributed by atoms with E-state index in [0.29, 0.717) is 16.6 Å². The van der Waals surface area contributed by atoms with Gasteiger partial charge in [-0.15, -0.1) is 0 Å². The summed E-state index contributed by atoms with van der Waals surface area (Å²) in [6.07, 6.45) is 0. The first-order valence-corrected chi connectivity index (χ1v) is 5.78. The Bertz CT molecular complexity index is 827. The van der Waals surface area contributed by atoms with Crippen molar-refractivity contribution in [1.82, 2.24) is 4.98 Å². The van der Waals surface area contributed by atoms with E-state index in [0.717, 1.165) is 6.07 Å². The molecule has 0 spiro atoms. The Hall–Kier alpha value is -2.76. The van der Waals surface area contributed by atoms with Crippen molar-refractivity contribution >= 4 is 16.6 Å². The van der Waals surface area contributed by atoms with Crippen LogP contribution in [0.15, 0.2) is 42.5 Å². The van der Waals surface area contributed by atoms with E-state index in [2.05, 4.69) is 4.98 Å². The van der Waals surface area contributed by atoms with Gasteiger partial charge in [0.1, 0.15) is 0 Å². The Kier molecular flexibility index (Phi) is 2.71. The third-order valence-electron chi connectivity index (χ3n) is 3.08. The number of hydrogen-bond acceptors (Lipinski definition) is 2. The fourth-order valence-corrected chi connectivity index (χ4v) is 2.16. The number of nitrogens with one attached hydrogen (secondary N) is 1. The molecular formula is C14H8F2N2O2. The molecule has 2 aromatic carbocycles. The Morgan fingerprint density at radius 1 is 1.10 bits per heavy atom. The fourth-order valence-electron chi connectivity index (χ4n) is 2.16. The number of rotatable bonds is 2. The highest BCUT2D eigenvalue weighted by molar-refractivity contribution is 5.93. The van der Waals surface area contributed by atoms with Crippen molar-refractivity contribution < 1.29 is 13.7 Å². The molecule has 0 radical (unpaired) electrons. The number of aromatic amines is 1. The Labute approximate surface area is 111 Å². The van der Waals surface area contributed by atoms with Crippen LogP contribution in [0.25, 0.3) is 22.2 Å². The maximum Gasteiger partial charge on any atom is 0.278 e. The SMILES string of the molecule is O=[N+]([O-])c1cccc2[nH]c(-c3cccc(F)c3F)cc12. The van der Waals surface area contributed by atoms with E-state index in [1.54, 1.807) is 6.07 Å². The molecule has 3 aromatic rings. The summed E-state index contributed by atoms with van der Waals surface area (Å²) in [6, 6.07) is 9.80. The number of halogens is 2. The van der Waals surface area contributed by atoms with Crippen LogP contribution in [0.4, 0.5) is 14.5 Å². The maximum atomic E-state index is 13.7. The molecule has 20 heavy (non-hydrogen) atoms. The van der Waals surface area contributed by atoms with Crippen molar-refractivity contribution in [3.05, 3.63) is 64.2 Å². The molecule has 100 valence electrons. The third-order valence-corrected chi connectivity index (χ3v) is 3.08. The van der Waals surface area contributed by atoms with Crippen LogP contribution >= 0.6 is 0 Å². The monoisotopic (exact) mass is 274 g/mol. The Morgan fingerprint density at radius 2 is 1.85 bits per heavy atom. The van der Waals surface area contributed by atoms with Crippen LogP contribution in [-0.4, -0.2) is 9.91 Å². The van der Waals surface area contributed by atoms with Crippen molar-refractivity contribution in [3.63, 3.8) is 0 Å². The minimum atomic E-state index is -0.985. The molecular weight excluding hydrogens is 266 g/mol. The molecule has 0 unspecified atom stereocenters. The summed E-state index contributed by atoms with van der Waals surface area (Å²) in [6.45, 7) is 0. The van der Waals surface area contributed by atoms with Gasteiger partial charge >= 0.3 is 0 Å². The second-order valence-corrected chi connectivity index (χ2v) is 4.28. The van der Waals surface area contributed by atoms with Gasteiger partial charge in [-0.3, -0.25) is 10.1 Å². The van der Waals surface area contributed by atoms with Gasteiger partial charge in [0.15, 0.2) is 11.6 Å². The molecule has 3 rings (SSSR count). The van der Waals surface area contributed by atoms with E-state index in [1.165, 1.54) is 30.3 Å². The van der Waals surface area contributed by atoms with Crippen LogP contribution in [0.2, 0.25) is 0 Å². The molecule has 4 nitrogen and oxygen atoms in total. The van der Waals surface area contributed by atoms with Crippen LogP contribution in [0, 0.1) is 21.7 Å². The normalized spacial score (nSPS) is 10.9. The molecule has 0 saturated heterocycles. The van der Waals surface area contributed by atoms with E-state index < -0.39 is 16.6 Å². The zero-order valence-electron chi connectivity index (χ0n) is 10.1. The van der Waals surface area contributed by atoms with Gasteiger partial charge in [-0.25, -0.2) is 8.78 Å². The highest BCUT2D eigenvalue weighted by Gasteiger charge is 2.17. The summed E-state index contributed by atoms with van der Waals surface area (Å²) in [4.78, 5) is 13.3. The molecule has 0 bridgehead atoms. The smallest absolute Gasteiger partial charge is 0.278 e. The topological polar surface area (TPSA) is 58.9 Å². The number of nitro benzene ring substituents is 1. The van der Waals surface area contributed by atoms with E-state index in [9.17, 15) is 18.9 Å². The fraction of sp³-hybridized carbons (Fsp3) is 0. The molecule has 6 heteroatoms. The van der Waals surface area contributed by atoms with Crippen LogP contribution in [0.5, 0.6) is 0 Å². The summed E-state index contributed by atoms with van der Waals surface area (Å²) in [7, 11) is 0. The quantitative estimate of drug-likeness (QED) is 0.566. The Balaban J connectivity index is 2.26. The van der Waals surface area contributed by atoms with E-state index in [1.807, 2.05) is 0 Å². The summed E-state index contributed by atoms with van der Waals surface area (Å²) in [5.74, 6) is -1.95. The first-order chi connectivity index (χ1) is 9.58. The number of fused-ring (bicyclic) bond motifs is 1. The van der Waals surface area contributed by atoms with Gasteiger partial charge in [0.25, 0.3) is 5.69 Å². The average molecular weight is 274 g/mol. The molecule has 0 aliphatic rings. The molecule has 1 heterocycles. The van der Waals surface area contributed by atoms with Gasteiger partial charge in [-0.05, 0) is 24.3 Å². The summed E-state index contributed by atoms with van der Waals surface area (Å²) >= 11 is 0. The molecule has 0 fully saturated rings. The van der Waals surface area contributed by atoms with Crippen molar-refractivity contribution in [2.75, 3.05) is 0 Å². The highest BCUT2D eigenvalue weighted by atomic mass is 19.2. The lowest BCUT2D eigenvalue weighted by Gasteiger charge is -2.00. The number of nitrogens with zero attached hydrogens (tertiary/aromatic N) is 1. The van der Waals surface area contributed by atoms with Crippen molar-refractivity contribution in [1.29, 1.82) is 0 Å². The summed E-state index contributed by atoms with van der Waals surface area (Å²) in [5, 5.41) is 11.3. The lowest BCUT2D eigenvalue weighted by Crippen LogP contribution is -1.88. The van der Waals surface area contributed by atoms with E-state index in [4.69, 9.17) is 0 Å². The number of nitro groups is 1. The first-order valence-electron chi connectivity index (χ1n) is 5.78. The van der Waals surface area contributed by atoms with Gasteiger partial charge in [-0.1, -0.05) is 12.1 Å². The predicted molar refractivity (Wildman–Crippen MR) is 70.3 cm³/mol. The van der Waals surface area contributed by atoms with Crippen molar-refractivity contribution in [2.45, 2.75) is 0 Å². The zero-order chi connectivity index (χ0) is 14.3. The Morgan fingerprint density at radius 3 is 2.60 bits per heavy atom. The van der Waals surface area contributed by atoms with Gasteiger partial charge < -0.3 is 4.98 Å². The standard InChI is InChI=1S/C14H8F2N2O2/c15-10-4-1-3-8(14(10)16)12-7-9-11(17-12)5-2-6-13(9)18(19)20/h1-7,17H. The summed E-state index contributed by atoms with van der Waals surface area (Å²) < 4.78 is 27.0. The van der Waals surface area contributed by atoms with Gasteiger partial charge in [0.05, 0.1) is 15.8 Å². The minimum Gasteiger partial charge on any atom is -0.354 e. The van der Waals surface area contributed by atoms with Crippen LogP contribution in [0.3, 0.4) is 0 Å². The maximum absolute atomic E-state index is 13.7. The number of benzene rings is 2. The van der Waals surface area contributed by atoms with Crippen LogP contribution in [-0.2, 0) is 0 Å². The van der Waals surface area contributed by atoms with Crippen LogP contribution in [0.1, 0.15) is 0 Å². The second-order valence-electron chi connectivity index (χ2n) is 4.28. The highest BCUT2D eigenvalue weighted by Crippen LogP contribution is 2.31. The van der Waals surface area contributed by atoms with Gasteiger partial charge in [0, 0.05) is 17.3 Å². The summed E-state index contributed by atoms with van der Waals surface area (Å²) in [5.41, 5.74) is 0.751. The number of aromatic nitrogens is 1. The van der Waals surface area contributed by atoms with Crippen molar-refractivity contribution in [3.8, 4) is 11.3 Å². The van der Waals surface area contributed by atoms with Gasteiger partial charge in [-0.2, -0.15) is 0 Å². The average Bonchev–Trinajstić information content (AvgIpc) is 2.84. The van der Waals surface area contributed by atoms with Crippen LogP contribution < -0.4 is 0 Å². The molecule has 1 N–H and O–H groups in total. The zero-order valence-corrected chi connectivity index (χ0v) is 10.1. The number of H-pyrrole nitrogens is 1. The number of hydrogen-bond donors (Lipinski definition) is 1. The predicted octanol–water partition coefficient (Wildman–Crippen LogP) is 4.02. The lowest BCUT2D eigenvalue weighted by atomic mass is 10.1. The first kappa shape index (κ1) is 12.3. The third kappa shape index (κ3) is 1.82.